The minimum absolute atomic E-state index is 0.0430. The number of halogens is 1. The summed E-state index contributed by atoms with van der Waals surface area (Å²) in [6.45, 7) is 5.75. The number of aromatic nitrogens is 2. The Bertz CT molecular complexity index is 1340. The molecule has 0 fully saturated rings. The van der Waals surface area contributed by atoms with E-state index < -0.39 is 35.1 Å². The van der Waals surface area contributed by atoms with E-state index in [9.17, 15) is 18.8 Å². The van der Waals surface area contributed by atoms with Crippen LogP contribution in [-0.4, -0.2) is 46.8 Å². The monoisotopic (exact) mass is 493 g/mol. The molecule has 0 saturated heterocycles. The molecule has 5 N–H and O–H groups in total. The number of carbonyl (C=O) groups excluding carboxylic acids is 3. The zero-order chi connectivity index (χ0) is 26.5. The Morgan fingerprint density at radius 2 is 1.83 bits per heavy atom. The van der Waals surface area contributed by atoms with Crippen LogP contribution in [-0.2, 0) is 11.3 Å². The molecule has 0 aliphatic carbocycles. The van der Waals surface area contributed by atoms with Gasteiger partial charge in [0, 0.05) is 24.0 Å². The Morgan fingerprint density at radius 3 is 2.47 bits per heavy atom. The Labute approximate surface area is 207 Å². The lowest BCUT2D eigenvalue weighted by Gasteiger charge is -2.30. The van der Waals surface area contributed by atoms with E-state index in [1.165, 1.54) is 16.8 Å². The number of nitrogens with zero attached hydrogens (tertiary/aromatic N) is 3. The number of nitrogens with two attached hydrogens (primary N) is 1. The number of hydrogen-bond donors (Lipinski definition) is 4. The predicted octanol–water partition coefficient (Wildman–Crippen LogP) is 2.02. The lowest BCUT2D eigenvalue weighted by Crippen LogP contribution is -2.54. The Kier molecular flexibility index (Phi) is 7.89. The summed E-state index contributed by atoms with van der Waals surface area (Å²) < 4.78 is 16.0. The molecule has 11 heteroatoms. The van der Waals surface area contributed by atoms with Gasteiger partial charge in [0.1, 0.15) is 11.9 Å². The number of amides is 4. The number of primary amides is 1. The van der Waals surface area contributed by atoms with Gasteiger partial charge in [-0.15, -0.1) is 0 Å². The van der Waals surface area contributed by atoms with Crippen molar-refractivity contribution in [3.8, 4) is 6.07 Å². The average molecular weight is 494 g/mol. The average Bonchev–Trinajstić information content (AvgIpc) is 3.19. The van der Waals surface area contributed by atoms with Crippen LogP contribution < -0.4 is 21.7 Å². The normalized spacial score (nSPS) is 12.0. The highest BCUT2D eigenvalue weighted by molar-refractivity contribution is 6.06. The second kappa shape index (κ2) is 10.9. The van der Waals surface area contributed by atoms with E-state index in [0.29, 0.717) is 16.5 Å². The number of para-hydroxylation sites is 1. The van der Waals surface area contributed by atoms with E-state index in [4.69, 9.17) is 11.0 Å². The van der Waals surface area contributed by atoms with Gasteiger partial charge in [0.2, 0.25) is 5.91 Å². The number of hydrogen-bond acceptors (Lipinski definition) is 5. The number of benzene rings is 2. The van der Waals surface area contributed by atoms with E-state index in [2.05, 4.69) is 21.0 Å². The first-order valence-corrected chi connectivity index (χ1v) is 11.3. The van der Waals surface area contributed by atoms with Gasteiger partial charge in [0.25, 0.3) is 5.91 Å². The maximum atomic E-state index is 14.5. The molecule has 3 aromatic rings. The summed E-state index contributed by atoms with van der Waals surface area (Å²) in [6.07, 6.45) is 0. The molecule has 2 aromatic carbocycles. The SMILES string of the molecule is CC(C)(C)C(NC(=O)c1nn(Cc2ccc(C#N)cc2F)c2ccccc12)C(=O)NCCNC(N)=O. The number of rotatable bonds is 8. The summed E-state index contributed by atoms with van der Waals surface area (Å²) in [6, 6.07) is 11.5. The first-order chi connectivity index (χ1) is 17.0. The van der Waals surface area contributed by atoms with Crippen molar-refractivity contribution in [3.05, 3.63) is 65.1 Å². The van der Waals surface area contributed by atoms with Crippen LogP contribution in [0, 0.1) is 22.6 Å². The van der Waals surface area contributed by atoms with Gasteiger partial charge in [-0.1, -0.05) is 45.0 Å². The molecule has 0 bridgehead atoms. The number of carbonyl (C=O) groups is 3. The van der Waals surface area contributed by atoms with Crippen LogP contribution in [0.25, 0.3) is 10.9 Å². The summed E-state index contributed by atoms with van der Waals surface area (Å²) in [5, 5.41) is 21.8. The first kappa shape index (κ1) is 26.2. The van der Waals surface area contributed by atoms with Crippen LogP contribution in [0.3, 0.4) is 0 Å². The lowest BCUT2D eigenvalue weighted by atomic mass is 9.86. The van der Waals surface area contributed by atoms with E-state index >= 15 is 0 Å². The van der Waals surface area contributed by atoms with Crippen molar-refractivity contribution in [2.45, 2.75) is 33.4 Å². The number of nitriles is 1. The van der Waals surface area contributed by atoms with Crippen LogP contribution in [0.1, 0.15) is 42.4 Å². The highest BCUT2D eigenvalue weighted by Gasteiger charge is 2.34. The quantitative estimate of drug-likeness (QED) is 0.353. The van der Waals surface area contributed by atoms with Gasteiger partial charge in [-0.2, -0.15) is 10.4 Å². The largest absolute Gasteiger partial charge is 0.353 e. The first-order valence-electron chi connectivity index (χ1n) is 11.3. The molecule has 1 heterocycles. The molecule has 0 spiro atoms. The van der Waals surface area contributed by atoms with Gasteiger partial charge in [0.15, 0.2) is 5.69 Å². The topological polar surface area (TPSA) is 155 Å². The minimum atomic E-state index is -0.904. The van der Waals surface area contributed by atoms with Crippen molar-refractivity contribution in [1.82, 2.24) is 25.7 Å². The second-order valence-electron chi connectivity index (χ2n) is 9.30. The maximum Gasteiger partial charge on any atom is 0.312 e. The summed E-state index contributed by atoms with van der Waals surface area (Å²) >= 11 is 0. The van der Waals surface area contributed by atoms with Crippen molar-refractivity contribution in [2.75, 3.05) is 13.1 Å². The summed E-state index contributed by atoms with van der Waals surface area (Å²) in [5.74, 6) is -1.53. The molecular formula is C25H28FN7O3. The molecule has 1 aromatic heterocycles. The molecule has 3 rings (SSSR count). The predicted molar refractivity (Wildman–Crippen MR) is 131 cm³/mol. The highest BCUT2D eigenvalue weighted by atomic mass is 19.1. The third-order valence-corrected chi connectivity index (χ3v) is 5.50. The van der Waals surface area contributed by atoms with Crippen LogP contribution in [0.2, 0.25) is 0 Å². The van der Waals surface area contributed by atoms with Crippen LogP contribution in [0.15, 0.2) is 42.5 Å². The molecule has 1 atom stereocenters. The van der Waals surface area contributed by atoms with E-state index in [1.807, 2.05) is 26.8 Å². The van der Waals surface area contributed by atoms with Gasteiger partial charge in [-0.05, 0) is 23.6 Å². The van der Waals surface area contributed by atoms with E-state index in [0.717, 1.165) is 6.07 Å². The number of urea groups is 1. The molecule has 1 unspecified atom stereocenters. The van der Waals surface area contributed by atoms with Crippen LogP contribution in [0.4, 0.5) is 9.18 Å². The van der Waals surface area contributed by atoms with Crippen LogP contribution in [0.5, 0.6) is 0 Å². The molecule has 4 amide bonds. The zero-order valence-electron chi connectivity index (χ0n) is 20.3. The maximum absolute atomic E-state index is 14.5. The van der Waals surface area contributed by atoms with Crippen molar-refractivity contribution in [3.63, 3.8) is 0 Å². The molecular weight excluding hydrogens is 465 g/mol. The van der Waals surface area contributed by atoms with Gasteiger partial charge >= 0.3 is 6.03 Å². The number of nitrogens with one attached hydrogen (secondary N) is 3. The summed E-state index contributed by atoms with van der Waals surface area (Å²) in [7, 11) is 0. The van der Waals surface area contributed by atoms with Gasteiger partial charge in [-0.25, -0.2) is 9.18 Å². The van der Waals surface area contributed by atoms with E-state index in [1.54, 1.807) is 24.3 Å². The van der Waals surface area contributed by atoms with Crippen molar-refractivity contribution < 1.29 is 18.8 Å². The fraction of sp³-hybridized carbons (Fsp3) is 0.320. The Balaban J connectivity index is 1.86. The lowest BCUT2D eigenvalue weighted by molar-refractivity contribution is -0.125. The number of fused-ring (bicyclic) bond motifs is 1. The zero-order valence-corrected chi connectivity index (χ0v) is 20.3. The molecule has 0 radical (unpaired) electrons. The third-order valence-electron chi connectivity index (χ3n) is 5.50. The summed E-state index contributed by atoms with van der Waals surface area (Å²) in [5.41, 5.74) is 5.61. The molecule has 188 valence electrons. The van der Waals surface area contributed by atoms with Crippen molar-refractivity contribution in [1.29, 1.82) is 5.26 Å². The van der Waals surface area contributed by atoms with Gasteiger partial charge in [0.05, 0.1) is 23.7 Å². The second-order valence-corrected chi connectivity index (χ2v) is 9.30. The molecule has 36 heavy (non-hydrogen) atoms. The van der Waals surface area contributed by atoms with E-state index in [-0.39, 0.29) is 30.9 Å². The molecule has 0 aliphatic rings. The minimum Gasteiger partial charge on any atom is -0.353 e. The highest BCUT2D eigenvalue weighted by Crippen LogP contribution is 2.23. The molecule has 0 saturated carbocycles. The smallest absolute Gasteiger partial charge is 0.312 e. The molecule has 0 aliphatic heterocycles. The summed E-state index contributed by atoms with van der Waals surface area (Å²) in [4.78, 5) is 37.0. The Hall–Kier alpha value is -4.46. The van der Waals surface area contributed by atoms with Crippen molar-refractivity contribution in [2.24, 2.45) is 11.1 Å². The van der Waals surface area contributed by atoms with Gasteiger partial charge < -0.3 is 21.7 Å². The fourth-order valence-electron chi connectivity index (χ4n) is 3.67. The Morgan fingerprint density at radius 1 is 1.14 bits per heavy atom. The standard InChI is InChI=1S/C25H28FN7O3/c1-25(2,3)21(23(35)29-10-11-30-24(28)36)31-22(34)20-17-6-4-5-7-19(17)33(32-20)14-16-9-8-15(13-27)12-18(16)26/h4-9,12,21H,10-11,14H2,1-3H3,(H,29,35)(H,31,34)(H3,28,30,36). The molecule has 10 nitrogen and oxygen atoms in total. The van der Waals surface area contributed by atoms with Crippen molar-refractivity contribution >= 4 is 28.7 Å². The van der Waals surface area contributed by atoms with Crippen LogP contribution >= 0.6 is 0 Å². The fourth-order valence-corrected chi connectivity index (χ4v) is 3.67. The van der Waals surface area contributed by atoms with Gasteiger partial charge in [-0.3, -0.25) is 14.3 Å². The third kappa shape index (κ3) is 6.15.